The molecule has 14 heavy (non-hydrogen) atoms. The Hall–Kier alpha value is -0.190. The van der Waals surface area contributed by atoms with E-state index in [0.29, 0.717) is 13.0 Å². The Kier molecular flexibility index (Phi) is 4.78. The van der Waals surface area contributed by atoms with Crippen LogP contribution in [0.3, 0.4) is 0 Å². The lowest BCUT2D eigenvalue weighted by molar-refractivity contribution is -0.121. The fourth-order valence-electron chi connectivity index (χ4n) is 1.28. The van der Waals surface area contributed by atoms with E-state index in [9.17, 15) is 4.79 Å². The lowest BCUT2D eigenvalue weighted by Crippen LogP contribution is -2.24. The molecule has 1 aromatic rings. The molecule has 1 heterocycles. The van der Waals surface area contributed by atoms with E-state index in [1.54, 1.807) is 11.3 Å². The number of Topliss-reactive ketones (excluding diaryl/α,β-unsaturated/α-hetero) is 1. The van der Waals surface area contributed by atoms with Gasteiger partial charge in [-0.25, -0.2) is 0 Å². The fourth-order valence-corrected chi connectivity index (χ4v) is 2.78. The van der Waals surface area contributed by atoms with Gasteiger partial charge >= 0.3 is 0 Å². The Labute approximate surface area is 96.6 Å². The van der Waals surface area contributed by atoms with E-state index in [-0.39, 0.29) is 11.7 Å². The van der Waals surface area contributed by atoms with Crippen LogP contribution in [0.5, 0.6) is 0 Å². The van der Waals surface area contributed by atoms with Gasteiger partial charge in [0.15, 0.2) is 0 Å². The van der Waals surface area contributed by atoms with Crippen molar-refractivity contribution in [3.8, 4) is 0 Å². The number of carbonyl (C=O) groups is 1. The van der Waals surface area contributed by atoms with Crippen LogP contribution >= 0.6 is 27.3 Å². The Morgan fingerprint density at radius 3 is 2.86 bits per heavy atom. The molecule has 0 saturated carbocycles. The predicted octanol–water partition coefficient (Wildman–Crippen LogP) is 2.61. The highest BCUT2D eigenvalue weighted by atomic mass is 79.9. The summed E-state index contributed by atoms with van der Waals surface area (Å²) in [6.45, 7) is 2.46. The van der Waals surface area contributed by atoms with E-state index in [1.165, 1.54) is 0 Å². The summed E-state index contributed by atoms with van der Waals surface area (Å²) in [6.07, 6.45) is 1.34. The Morgan fingerprint density at radius 1 is 1.71 bits per heavy atom. The summed E-state index contributed by atoms with van der Waals surface area (Å²) in [4.78, 5) is 12.8. The SMILES string of the molecule is CCC(CN)C(=O)Cc1sccc1Br. The highest BCUT2D eigenvalue weighted by molar-refractivity contribution is 9.10. The smallest absolute Gasteiger partial charge is 0.142 e. The molecular formula is C10H14BrNOS. The van der Waals surface area contributed by atoms with Crippen LogP contribution in [-0.4, -0.2) is 12.3 Å². The van der Waals surface area contributed by atoms with Crippen molar-refractivity contribution in [3.63, 3.8) is 0 Å². The number of nitrogens with two attached hydrogens (primary N) is 1. The van der Waals surface area contributed by atoms with E-state index >= 15 is 0 Å². The van der Waals surface area contributed by atoms with Gasteiger partial charge < -0.3 is 5.73 Å². The molecule has 0 aliphatic carbocycles. The number of thiophene rings is 1. The van der Waals surface area contributed by atoms with Crippen LogP contribution in [0.4, 0.5) is 0 Å². The molecule has 2 N–H and O–H groups in total. The molecule has 0 aromatic carbocycles. The molecule has 0 saturated heterocycles. The molecule has 1 rings (SSSR count). The van der Waals surface area contributed by atoms with Gasteiger partial charge in [-0.05, 0) is 33.8 Å². The molecule has 0 aliphatic rings. The molecule has 1 unspecified atom stereocenters. The highest BCUT2D eigenvalue weighted by Gasteiger charge is 2.16. The third-order valence-corrected chi connectivity index (χ3v) is 4.18. The van der Waals surface area contributed by atoms with Crippen molar-refractivity contribution in [2.75, 3.05) is 6.54 Å². The van der Waals surface area contributed by atoms with Gasteiger partial charge in [-0.1, -0.05) is 6.92 Å². The average molecular weight is 276 g/mol. The summed E-state index contributed by atoms with van der Waals surface area (Å²) in [6, 6.07) is 1.97. The molecule has 0 fully saturated rings. The van der Waals surface area contributed by atoms with Crippen molar-refractivity contribution in [3.05, 3.63) is 20.8 Å². The van der Waals surface area contributed by atoms with Crippen LogP contribution in [0.25, 0.3) is 0 Å². The minimum Gasteiger partial charge on any atom is -0.330 e. The summed E-state index contributed by atoms with van der Waals surface area (Å²) >= 11 is 5.02. The molecule has 0 amide bonds. The van der Waals surface area contributed by atoms with Gasteiger partial charge in [-0.3, -0.25) is 4.79 Å². The fraction of sp³-hybridized carbons (Fsp3) is 0.500. The molecule has 4 heteroatoms. The average Bonchev–Trinajstić information content (AvgIpc) is 2.54. The number of carbonyl (C=O) groups excluding carboxylic acids is 1. The van der Waals surface area contributed by atoms with E-state index in [4.69, 9.17) is 5.73 Å². The first-order valence-electron chi connectivity index (χ1n) is 4.63. The maximum absolute atomic E-state index is 11.7. The first-order valence-corrected chi connectivity index (χ1v) is 6.31. The minimum atomic E-state index is 0.0176. The molecule has 0 bridgehead atoms. The predicted molar refractivity (Wildman–Crippen MR) is 63.6 cm³/mol. The van der Waals surface area contributed by atoms with Crippen molar-refractivity contribution >= 4 is 33.0 Å². The number of ketones is 1. The van der Waals surface area contributed by atoms with Crippen molar-refractivity contribution in [1.82, 2.24) is 0 Å². The summed E-state index contributed by atoms with van der Waals surface area (Å²) in [7, 11) is 0. The second-order valence-corrected chi connectivity index (χ2v) is 5.03. The second-order valence-electron chi connectivity index (χ2n) is 3.18. The van der Waals surface area contributed by atoms with Crippen molar-refractivity contribution in [2.45, 2.75) is 19.8 Å². The van der Waals surface area contributed by atoms with E-state index in [1.807, 2.05) is 18.4 Å². The lowest BCUT2D eigenvalue weighted by atomic mass is 9.98. The summed E-state index contributed by atoms with van der Waals surface area (Å²) in [5.74, 6) is 0.266. The quantitative estimate of drug-likeness (QED) is 0.898. The summed E-state index contributed by atoms with van der Waals surface area (Å²) in [5, 5.41) is 1.98. The van der Waals surface area contributed by atoms with Gasteiger partial charge in [0, 0.05) is 28.2 Å². The number of rotatable bonds is 5. The van der Waals surface area contributed by atoms with Crippen molar-refractivity contribution in [2.24, 2.45) is 11.7 Å². The van der Waals surface area contributed by atoms with E-state index in [0.717, 1.165) is 15.8 Å². The topological polar surface area (TPSA) is 43.1 Å². The van der Waals surface area contributed by atoms with Crippen LogP contribution in [0.2, 0.25) is 0 Å². The molecule has 78 valence electrons. The van der Waals surface area contributed by atoms with Crippen LogP contribution in [0, 0.1) is 5.92 Å². The van der Waals surface area contributed by atoms with Crippen molar-refractivity contribution < 1.29 is 4.79 Å². The summed E-state index contributed by atoms with van der Waals surface area (Å²) in [5.41, 5.74) is 5.52. The molecule has 1 aromatic heterocycles. The zero-order chi connectivity index (χ0) is 10.6. The maximum atomic E-state index is 11.7. The zero-order valence-electron chi connectivity index (χ0n) is 8.13. The number of halogens is 1. The standard InChI is InChI=1S/C10H14BrNOS/c1-2-7(6-12)9(13)5-10-8(11)3-4-14-10/h3-4,7H,2,5-6,12H2,1H3. The van der Waals surface area contributed by atoms with Crippen LogP contribution < -0.4 is 5.73 Å². The molecule has 0 spiro atoms. The van der Waals surface area contributed by atoms with Gasteiger partial charge in [-0.15, -0.1) is 11.3 Å². The third kappa shape index (κ3) is 2.90. The Morgan fingerprint density at radius 2 is 2.43 bits per heavy atom. The largest absolute Gasteiger partial charge is 0.330 e. The van der Waals surface area contributed by atoms with E-state index in [2.05, 4.69) is 15.9 Å². The molecule has 1 atom stereocenters. The number of hydrogen-bond donors (Lipinski definition) is 1. The van der Waals surface area contributed by atoms with E-state index < -0.39 is 0 Å². The van der Waals surface area contributed by atoms with Crippen LogP contribution in [0.1, 0.15) is 18.2 Å². The monoisotopic (exact) mass is 275 g/mol. The van der Waals surface area contributed by atoms with Crippen molar-refractivity contribution in [1.29, 1.82) is 0 Å². The molecular weight excluding hydrogens is 262 g/mol. The molecule has 2 nitrogen and oxygen atoms in total. The normalized spacial score (nSPS) is 12.8. The number of hydrogen-bond acceptors (Lipinski definition) is 3. The highest BCUT2D eigenvalue weighted by Crippen LogP contribution is 2.24. The molecule has 0 aliphatic heterocycles. The molecule has 0 radical (unpaired) electrons. The minimum absolute atomic E-state index is 0.0176. The zero-order valence-corrected chi connectivity index (χ0v) is 10.5. The summed E-state index contributed by atoms with van der Waals surface area (Å²) < 4.78 is 1.03. The van der Waals surface area contributed by atoms with Crippen LogP contribution in [-0.2, 0) is 11.2 Å². The van der Waals surface area contributed by atoms with Gasteiger partial charge in [0.25, 0.3) is 0 Å². The van der Waals surface area contributed by atoms with Gasteiger partial charge in [0.2, 0.25) is 0 Å². The maximum Gasteiger partial charge on any atom is 0.142 e. The lowest BCUT2D eigenvalue weighted by Gasteiger charge is -2.09. The first-order chi connectivity index (χ1) is 6.69. The van der Waals surface area contributed by atoms with Gasteiger partial charge in [0.05, 0.1) is 0 Å². The second kappa shape index (κ2) is 5.63. The Balaban J connectivity index is 2.61. The van der Waals surface area contributed by atoms with Gasteiger partial charge in [0.1, 0.15) is 5.78 Å². The Bertz CT molecular complexity index is 307. The van der Waals surface area contributed by atoms with Crippen LogP contribution in [0.15, 0.2) is 15.9 Å². The third-order valence-electron chi connectivity index (χ3n) is 2.26. The van der Waals surface area contributed by atoms with Gasteiger partial charge in [-0.2, -0.15) is 0 Å². The first kappa shape index (κ1) is 11.9.